The van der Waals surface area contributed by atoms with Crippen molar-refractivity contribution in [3.05, 3.63) is 98.0 Å². The van der Waals surface area contributed by atoms with Crippen molar-refractivity contribution in [1.82, 2.24) is 24.5 Å². The third-order valence-electron chi connectivity index (χ3n) is 7.49. The van der Waals surface area contributed by atoms with E-state index in [0.29, 0.717) is 33.2 Å². The molecule has 1 fully saturated rings. The molecule has 7 rings (SSSR count). The Morgan fingerprint density at radius 3 is 2.66 bits per heavy atom. The van der Waals surface area contributed by atoms with Crippen molar-refractivity contribution in [3.63, 3.8) is 0 Å². The average molecular weight is 551 g/mol. The van der Waals surface area contributed by atoms with Crippen molar-refractivity contribution >= 4 is 34.5 Å². The van der Waals surface area contributed by atoms with Gasteiger partial charge in [0, 0.05) is 57.2 Å². The van der Waals surface area contributed by atoms with Crippen LogP contribution >= 0.6 is 23.2 Å². The molecule has 0 saturated heterocycles. The average Bonchev–Trinajstić information content (AvgIpc) is 3.19. The molecule has 3 aromatic heterocycles. The molecule has 1 saturated carbocycles. The lowest BCUT2D eigenvalue weighted by Crippen LogP contribution is -2.29. The van der Waals surface area contributed by atoms with E-state index in [0.717, 1.165) is 12.1 Å². The van der Waals surface area contributed by atoms with Crippen molar-refractivity contribution in [2.75, 3.05) is 0 Å². The second kappa shape index (κ2) is 8.41. The molecule has 4 aromatic rings. The van der Waals surface area contributed by atoms with Crippen LogP contribution in [0, 0.1) is 18.8 Å². The highest BCUT2D eigenvalue weighted by molar-refractivity contribution is 6.31. The van der Waals surface area contributed by atoms with Crippen molar-refractivity contribution in [3.8, 4) is 16.8 Å². The Hall–Kier alpha value is -3.69. The lowest BCUT2D eigenvalue weighted by atomic mass is 9.98. The Bertz CT molecular complexity index is 1790. The molecule has 38 heavy (non-hydrogen) atoms. The first-order chi connectivity index (χ1) is 18.3. The Balaban J connectivity index is 1.27. The molecule has 7 nitrogen and oxygen atoms in total. The molecule has 2 aliphatic heterocycles. The number of hydrogen-bond acceptors (Lipinski definition) is 5. The molecule has 0 N–H and O–H groups in total. The van der Waals surface area contributed by atoms with Crippen molar-refractivity contribution in [2.45, 2.75) is 31.7 Å². The van der Waals surface area contributed by atoms with Gasteiger partial charge in [0.25, 0.3) is 5.56 Å². The smallest absolute Gasteiger partial charge is 0.251 e. The van der Waals surface area contributed by atoms with Gasteiger partial charge in [-0.15, -0.1) is 5.10 Å². The van der Waals surface area contributed by atoms with Gasteiger partial charge in [-0.3, -0.25) is 4.79 Å². The monoisotopic (exact) mass is 550 g/mol. The van der Waals surface area contributed by atoms with Gasteiger partial charge < -0.3 is 4.57 Å². The minimum absolute atomic E-state index is 0.0989. The summed E-state index contributed by atoms with van der Waals surface area (Å²) < 4.78 is 32.7. The number of nitrogens with zero attached hydrogens (tertiary/aromatic N) is 6. The van der Waals surface area contributed by atoms with Crippen LogP contribution in [-0.2, 0) is 0 Å². The first-order valence-electron chi connectivity index (χ1n) is 12.0. The van der Waals surface area contributed by atoms with Crippen molar-refractivity contribution in [1.29, 1.82) is 0 Å². The van der Waals surface area contributed by atoms with E-state index in [2.05, 4.69) is 20.3 Å². The van der Waals surface area contributed by atoms with Gasteiger partial charge in [0.15, 0.2) is 5.15 Å². The topological polar surface area (TPSA) is 78.0 Å². The molecular weight excluding hydrogens is 533 g/mol. The largest absolute Gasteiger partial charge is 0.303 e. The summed E-state index contributed by atoms with van der Waals surface area (Å²) in [5.74, 6) is -1.16. The third-order valence-corrected chi connectivity index (χ3v) is 7.89. The van der Waals surface area contributed by atoms with E-state index in [9.17, 15) is 13.6 Å². The van der Waals surface area contributed by atoms with Crippen LogP contribution in [0.5, 0.6) is 0 Å². The molecule has 0 bridgehead atoms. The van der Waals surface area contributed by atoms with Crippen LogP contribution in [0.15, 0.2) is 64.4 Å². The second-order valence-corrected chi connectivity index (χ2v) is 10.6. The fraction of sp³-hybridized carbons (Fsp3) is 0.222. The molecule has 0 amide bonds. The minimum atomic E-state index is -0.727. The van der Waals surface area contributed by atoms with E-state index in [1.54, 1.807) is 48.0 Å². The first-order valence-corrected chi connectivity index (χ1v) is 12.8. The number of benzene rings is 1. The summed E-state index contributed by atoms with van der Waals surface area (Å²) >= 11 is 12.3. The van der Waals surface area contributed by atoms with E-state index < -0.39 is 11.9 Å². The number of rotatable bonds is 4. The van der Waals surface area contributed by atoms with Crippen LogP contribution in [0.2, 0.25) is 10.2 Å². The van der Waals surface area contributed by atoms with Crippen LogP contribution in [0.1, 0.15) is 41.8 Å². The molecule has 0 radical (unpaired) electrons. The molecule has 3 atom stereocenters. The van der Waals surface area contributed by atoms with Gasteiger partial charge >= 0.3 is 0 Å². The Morgan fingerprint density at radius 2 is 1.89 bits per heavy atom. The quantitative estimate of drug-likeness (QED) is 0.227. The summed E-state index contributed by atoms with van der Waals surface area (Å²) in [4.78, 5) is 21.5. The zero-order valence-electron chi connectivity index (χ0n) is 19.9. The summed E-state index contributed by atoms with van der Waals surface area (Å²) in [6, 6.07) is 11.6. The molecule has 1 aliphatic carbocycles. The number of aryl methyl sites for hydroxylation is 1. The summed E-state index contributed by atoms with van der Waals surface area (Å²) in [5, 5.41) is 8.65. The van der Waals surface area contributed by atoms with E-state index in [1.165, 1.54) is 10.7 Å². The molecule has 3 aliphatic rings. The minimum Gasteiger partial charge on any atom is -0.303 e. The number of aliphatic imine (C=N–C) groups is 1. The van der Waals surface area contributed by atoms with Gasteiger partial charge in [-0.1, -0.05) is 28.4 Å². The zero-order chi connectivity index (χ0) is 26.3. The Morgan fingerprint density at radius 1 is 1.05 bits per heavy atom. The number of aromatic nitrogens is 5. The molecule has 11 heteroatoms. The lowest BCUT2D eigenvalue weighted by molar-refractivity contribution is 0.573. The number of allylic oxidation sites excluding steroid dienone is 1. The highest BCUT2D eigenvalue weighted by Gasteiger charge is 2.55. The van der Waals surface area contributed by atoms with Crippen LogP contribution < -0.4 is 5.56 Å². The van der Waals surface area contributed by atoms with Crippen LogP contribution in [0.4, 0.5) is 8.78 Å². The van der Waals surface area contributed by atoms with Gasteiger partial charge in [-0.05, 0) is 61.2 Å². The van der Waals surface area contributed by atoms with Crippen molar-refractivity contribution < 1.29 is 8.78 Å². The van der Waals surface area contributed by atoms with Crippen LogP contribution in [0.3, 0.4) is 0 Å². The van der Waals surface area contributed by atoms with E-state index in [1.807, 2.05) is 6.07 Å². The predicted octanol–water partition coefficient (Wildman–Crippen LogP) is 6.09. The molecule has 1 aromatic carbocycles. The molecule has 0 spiro atoms. The lowest BCUT2D eigenvalue weighted by Gasteiger charge is -2.20. The fourth-order valence-corrected chi connectivity index (χ4v) is 6.04. The van der Waals surface area contributed by atoms with Crippen LogP contribution in [-0.4, -0.2) is 30.3 Å². The first kappa shape index (κ1) is 23.4. The number of halogens is 4. The third kappa shape index (κ3) is 3.64. The summed E-state index contributed by atoms with van der Waals surface area (Å²) in [6.45, 7) is 1.67. The van der Waals surface area contributed by atoms with Gasteiger partial charge in [0.2, 0.25) is 11.9 Å². The number of pyridine rings is 2. The highest BCUT2D eigenvalue weighted by atomic mass is 35.5. The fourth-order valence-electron chi connectivity index (χ4n) is 5.75. The summed E-state index contributed by atoms with van der Waals surface area (Å²) in [6.07, 6.45) is 2.57. The van der Waals surface area contributed by atoms with Gasteiger partial charge in [-0.25, -0.2) is 14.7 Å². The van der Waals surface area contributed by atoms with E-state index in [-0.39, 0.29) is 46.1 Å². The second-order valence-electron chi connectivity index (χ2n) is 9.82. The Labute approximate surface area is 225 Å². The van der Waals surface area contributed by atoms with Crippen molar-refractivity contribution in [2.24, 2.45) is 10.9 Å². The molecule has 190 valence electrons. The summed E-state index contributed by atoms with van der Waals surface area (Å²) in [7, 11) is 0. The molecule has 5 heterocycles. The SMILES string of the molecule is Cc1ccc(C2=C(F)N=C(C3C4CC4c4cc(-c5cc(Cl)ccc5-n5cc(Cl)nn5)cc(=O)n43)C2)c(F)n1. The van der Waals surface area contributed by atoms with Gasteiger partial charge in [0.1, 0.15) is 0 Å². The molecular formula is C27H18Cl2F2N6O. The Kier molecular flexibility index (Phi) is 5.18. The normalized spacial score (nSPS) is 21.5. The standard InChI is InChI=1S/C27H18Cl2F2N6O/c1-12-2-4-15(26(30)32-12)19-10-20(33-27(19)31)25-18-9-17(18)22-6-13(7-24(38)37(22)25)16-8-14(28)3-5-21(16)36-11-23(29)34-35-36/h2-8,11,17-18,25H,9-10H2,1H3. The highest BCUT2D eigenvalue weighted by Crippen LogP contribution is 2.60. The zero-order valence-corrected chi connectivity index (χ0v) is 21.4. The maximum atomic E-state index is 15.0. The van der Waals surface area contributed by atoms with Gasteiger partial charge in [-0.2, -0.15) is 8.78 Å². The maximum Gasteiger partial charge on any atom is 0.251 e. The van der Waals surface area contributed by atoms with Crippen LogP contribution in [0.25, 0.3) is 22.4 Å². The maximum absolute atomic E-state index is 15.0. The summed E-state index contributed by atoms with van der Waals surface area (Å²) in [5.41, 5.74) is 4.00. The van der Waals surface area contributed by atoms with E-state index in [4.69, 9.17) is 23.2 Å². The van der Waals surface area contributed by atoms with E-state index >= 15 is 0 Å². The predicted molar refractivity (Wildman–Crippen MR) is 140 cm³/mol. The number of fused-ring (bicyclic) bond motifs is 3. The number of hydrogen-bond donors (Lipinski definition) is 0. The van der Waals surface area contributed by atoms with Gasteiger partial charge in [0.05, 0.1) is 17.9 Å². The molecule has 3 unspecified atom stereocenters.